The van der Waals surface area contributed by atoms with Crippen molar-refractivity contribution in [3.63, 3.8) is 0 Å². The van der Waals surface area contributed by atoms with Crippen LogP contribution >= 0.6 is 11.6 Å². The van der Waals surface area contributed by atoms with Crippen LogP contribution in [0.4, 0.5) is 4.79 Å². The molecule has 0 aromatic rings. The number of rotatable bonds is 2. The molecule has 0 saturated carbocycles. The summed E-state index contributed by atoms with van der Waals surface area (Å²) in [4.78, 5) is 9.34. The van der Waals surface area contributed by atoms with E-state index >= 15 is 0 Å². The van der Waals surface area contributed by atoms with Crippen LogP contribution in [0.2, 0.25) is 0 Å². The molecule has 1 N–H and O–H groups in total. The second-order valence-corrected chi connectivity index (χ2v) is 3.56. The van der Waals surface area contributed by atoms with Gasteiger partial charge in [-0.05, 0) is 20.8 Å². The first kappa shape index (κ1) is 9.56. The number of ether oxygens (including phenoxy) is 1. The maximum Gasteiger partial charge on any atom is 0.506 e. The molecule has 60 valence electrons. The van der Waals surface area contributed by atoms with Gasteiger partial charge in [-0.3, -0.25) is 0 Å². The molecule has 0 saturated heterocycles. The molecule has 0 rings (SSSR count). The lowest BCUT2D eigenvalue weighted by molar-refractivity contribution is 0.0461. The zero-order valence-corrected chi connectivity index (χ0v) is 6.97. The normalized spacial score (nSPS) is 14.4. The summed E-state index contributed by atoms with van der Waals surface area (Å²) in [5.41, 5.74) is 0. The van der Waals surface area contributed by atoms with E-state index in [-0.39, 0.29) is 0 Å². The molecule has 0 spiro atoms. The summed E-state index contributed by atoms with van der Waals surface area (Å²) in [5.74, 6) is 0. The van der Waals surface area contributed by atoms with Gasteiger partial charge in [0.15, 0.2) is 0 Å². The van der Waals surface area contributed by atoms with Crippen molar-refractivity contribution in [2.24, 2.45) is 0 Å². The predicted octanol–water partition coefficient (Wildman–Crippen LogP) is 2.09. The largest absolute Gasteiger partial charge is 0.506 e. The van der Waals surface area contributed by atoms with Crippen molar-refractivity contribution in [1.29, 1.82) is 0 Å². The van der Waals surface area contributed by atoms with Crippen LogP contribution in [-0.4, -0.2) is 22.2 Å². The highest BCUT2D eigenvalue weighted by Crippen LogP contribution is 2.20. The van der Waals surface area contributed by atoms with Gasteiger partial charge in [-0.25, -0.2) is 4.79 Å². The van der Waals surface area contributed by atoms with Gasteiger partial charge in [0.25, 0.3) is 0 Å². The molecule has 0 aromatic heterocycles. The standard InChI is InChI=1S/C6H11ClO3/c1-4(6(2,3)7)10-5(8)9/h4H,1-3H3,(H,8,9). The summed E-state index contributed by atoms with van der Waals surface area (Å²) in [5, 5.41) is 8.17. The Morgan fingerprint density at radius 2 is 2.10 bits per heavy atom. The van der Waals surface area contributed by atoms with E-state index in [1.807, 2.05) is 0 Å². The molecule has 10 heavy (non-hydrogen) atoms. The highest BCUT2D eigenvalue weighted by molar-refractivity contribution is 6.23. The number of hydrogen-bond acceptors (Lipinski definition) is 2. The number of carboxylic acid groups (broad SMARTS) is 1. The van der Waals surface area contributed by atoms with E-state index in [2.05, 4.69) is 4.74 Å². The van der Waals surface area contributed by atoms with Crippen molar-refractivity contribution in [2.45, 2.75) is 31.7 Å². The molecule has 1 unspecified atom stereocenters. The van der Waals surface area contributed by atoms with Crippen LogP contribution < -0.4 is 0 Å². The van der Waals surface area contributed by atoms with Crippen molar-refractivity contribution in [3.05, 3.63) is 0 Å². The molecule has 0 aliphatic heterocycles. The summed E-state index contributed by atoms with van der Waals surface area (Å²) in [6, 6.07) is 0. The van der Waals surface area contributed by atoms with Crippen LogP contribution in [0.1, 0.15) is 20.8 Å². The molecule has 0 aliphatic rings. The smallest absolute Gasteiger partial charge is 0.450 e. The maximum atomic E-state index is 9.98. The third-order valence-electron chi connectivity index (χ3n) is 1.24. The van der Waals surface area contributed by atoms with Crippen LogP contribution in [-0.2, 0) is 4.74 Å². The van der Waals surface area contributed by atoms with Crippen LogP contribution in [0.25, 0.3) is 0 Å². The third kappa shape index (κ3) is 3.56. The minimum absolute atomic E-state index is 0.494. The fourth-order valence-electron chi connectivity index (χ4n) is 0.291. The van der Waals surface area contributed by atoms with Gasteiger partial charge < -0.3 is 9.84 Å². The Hall–Kier alpha value is -0.440. The number of halogens is 1. The van der Waals surface area contributed by atoms with Crippen molar-refractivity contribution < 1.29 is 14.6 Å². The summed E-state index contributed by atoms with van der Waals surface area (Å²) in [6.07, 6.45) is -1.78. The average molecular weight is 167 g/mol. The Kier molecular flexibility index (Phi) is 2.96. The lowest BCUT2D eigenvalue weighted by Gasteiger charge is -2.22. The topological polar surface area (TPSA) is 46.5 Å². The minimum atomic E-state index is -1.29. The molecule has 0 heterocycles. The molecule has 3 nitrogen and oxygen atoms in total. The first-order chi connectivity index (χ1) is 4.34. The zero-order valence-electron chi connectivity index (χ0n) is 6.22. The Labute approximate surface area is 64.9 Å². The van der Waals surface area contributed by atoms with Crippen LogP contribution in [0, 0.1) is 0 Å². The van der Waals surface area contributed by atoms with E-state index in [0.717, 1.165) is 0 Å². The maximum absolute atomic E-state index is 9.98. The Morgan fingerprint density at radius 3 is 2.20 bits per heavy atom. The van der Waals surface area contributed by atoms with Crippen LogP contribution in [0.3, 0.4) is 0 Å². The van der Waals surface area contributed by atoms with E-state index in [1.165, 1.54) is 0 Å². The Morgan fingerprint density at radius 1 is 1.70 bits per heavy atom. The summed E-state index contributed by atoms with van der Waals surface area (Å²) in [6.45, 7) is 5.01. The molecular weight excluding hydrogens is 156 g/mol. The van der Waals surface area contributed by atoms with Gasteiger partial charge in [0.2, 0.25) is 0 Å². The Bertz CT molecular complexity index is 127. The SMILES string of the molecule is CC(OC(=O)O)C(C)(C)Cl. The van der Waals surface area contributed by atoms with E-state index < -0.39 is 17.1 Å². The van der Waals surface area contributed by atoms with E-state index in [0.29, 0.717) is 0 Å². The van der Waals surface area contributed by atoms with Crippen molar-refractivity contribution >= 4 is 17.8 Å². The molecular formula is C6H11ClO3. The number of carbonyl (C=O) groups is 1. The molecule has 0 amide bonds. The van der Waals surface area contributed by atoms with Gasteiger partial charge in [0.05, 0.1) is 4.87 Å². The second kappa shape index (κ2) is 3.10. The molecule has 0 aromatic carbocycles. The monoisotopic (exact) mass is 166 g/mol. The average Bonchev–Trinajstić information content (AvgIpc) is 1.60. The summed E-state index contributed by atoms with van der Waals surface area (Å²) >= 11 is 5.74. The highest BCUT2D eigenvalue weighted by atomic mass is 35.5. The minimum Gasteiger partial charge on any atom is -0.450 e. The molecule has 0 aliphatic carbocycles. The van der Waals surface area contributed by atoms with Crippen molar-refractivity contribution in [3.8, 4) is 0 Å². The van der Waals surface area contributed by atoms with Gasteiger partial charge in [0, 0.05) is 0 Å². The fourth-order valence-corrected chi connectivity index (χ4v) is 0.336. The second-order valence-electron chi connectivity index (χ2n) is 2.59. The van der Waals surface area contributed by atoms with E-state index in [4.69, 9.17) is 16.7 Å². The zero-order chi connectivity index (χ0) is 8.36. The third-order valence-corrected chi connectivity index (χ3v) is 1.55. The Balaban J connectivity index is 3.85. The van der Waals surface area contributed by atoms with Crippen LogP contribution in [0.5, 0.6) is 0 Å². The first-order valence-corrected chi connectivity index (χ1v) is 3.30. The molecule has 0 radical (unpaired) electrons. The predicted molar refractivity (Wildman–Crippen MR) is 38.5 cm³/mol. The van der Waals surface area contributed by atoms with Crippen molar-refractivity contribution in [2.75, 3.05) is 0 Å². The highest BCUT2D eigenvalue weighted by Gasteiger charge is 2.25. The van der Waals surface area contributed by atoms with Crippen molar-refractivity contribution in [1.82, 2.24) is 0 Å². The lowest BCUT2D eigenvalue weighted by Crippen LogP contribution is -2.31. The van der Waals surface area contributed by atoms with Gasteiger partial charge in [-0.2, -0.15) is 0 Å². The summed E-state index contributed by atoms with van der Waals surface area (Å²) in [7, 11) is 0. The molecule has 0 bridgehead atoms. The summed E-state index contributed by atoms with van der Waals surface area (Å²) < 4.78 is 4.40. The molecule has 1 atom stereocenters. The number of hydrogen-bond donors (Lipinski definition) is 1. The van der Waals surface area contributed by atoms with Gasteiger partial charge in [-0.1, -0.05) is 0 Å². The van der Waals surface area contributed by atoms with Crippen LogP contribution in [0.15, 0.2) is 0 Å². The first-order valence-electron chi connectivity index (χ1n) is 2.92. The molecule has 0 fully saturated rings. The quantitative estimate of drug-likeness (QED) is 0.505. The molecule has 4 heteroatoms. The van der Waals surface area contributed by atoms with Gasteiger partial charge in [0.1, 0.15) is 6.10 Å². The number of alkyl halides is 1. The van der Waals surface area contributed by atoms with E-state index in [1.54, 1.807) is 20.8 Å². The van der Waals surface area contributed by atoms with Gasteiger partial charge in [-0.15, -0.1) is 11.6 Å². The lowest BCUT2D eigenvalue weighted by atomic mass is 10.1. The fraction of sp³-hybridized carbons (Fsp3) is 0.833. The van der Waals surface area contributed by atoms with E-state index in [9.17, 15) is 4.79 Å². The van der Waals surface area contributed by atoms with Gasteiger partial charge >= 0.3 is 6.16 Å².